The van der Waals surface area contributed by atoms with Crippen LogP contribution in [0.1, 0.15) is 114 Å². The Kier molecular flexibility index (Phi) is 13.6. The number of rotatable bonds is 18. The van der Waals surface area contributed by atoms with Gasteiger partial charge in [-0.1, -0.05) is 127 Å². The Morgan fingerprint density at radius 1 is 0.688 bits per heavy atom. The number of esters is 1. The maximum absolute atomic E-state index is 12.3. The lowest BCUT2D eigenvalue weighted by molar-refractivity contribution is 0.0598. The molecule has 0 fully saturated rings. The number of carbonyl (C=O) groups excluding carboxylic acids is 1. The van der Waals surface area contributed by atoms with Gasteiger partial charge >= 0.3 is 5.97 Å². The van der Waals surface area contributed by atoms with E-state index in [1.165, 1.54) is 97.0 Å². The Hall–Kier alpha value is -2.03. The zero-order chi connectivity index (χ0) is 22.9. The summed E-state index contributed by atoms with van der Waals surface area (Å²) >= 11 is 0. The van der Waals surface area contributed by atoms with Crippen LogP contribution >= 0.6 is 0 Å². The van der Waals surface area contributed by atoms with Crippen molar-refractivity contribution in [3.63, 3.8) is 0 Å². The van der Waals surface area contributed by atoms with Gasteiger partial charge in [0.25, 0.3) is 0 Å². The number of methoxy groups -OCH3 is 1. The van der Waals surface area contributed by atoms with Gasteiger partial charge in [-0.25, -0.2) is 4.79 Å². The standard InChI is InChI=1S/C29H44O3/c1-3-4-5-6-7-8-9-10-11-12-13-14-15-16-19-24-32-27-23-22-25-20-17-18-21-26(25)28(27)29(30)31-2/h17-18,20-23H,3-16,19,24H2,1-2H3. The first-order chi connectivity index (χ1) is 15.8. The van der Waals surface area contributed by atoms with Crippen LogP contribution in [0, 0.1) is 0 Å². The normalized spacial score (nSPS) is 11.1. The molecule has 0 N–H and O–H groups in total. The lowest BCUT2D eigenvalue weighted by Gasteiger charge is -2.13. The van der Waals surface area contributed by atoms with Gasteiger partial charge in [-0.15, -0.1) is 0 Å². The van der Waals surface area contributed by atoms with E-state index in [9.17, 15) is 4.79 Å². The third kappa shape index (κ3) is 9.63. The van der Waals surface area contributed by atoms with Crippen LogP contribution in [0.25, 0.3) is 10.8 Å². The van der Waals surface area contributed by atoms with Gasteiger partial charge in [0.05, 0.1) is 13.7 Å². The summed E-state index contributed by atoms with van der Waals surface area (Å²) in [6.45, 7) is 2.92. The van der Waals surface area contributed by atoms with E-state index >= 15 is 0 Å². The highest BCUT2D eigenvalue weighted by atomic mass is 16.5. The summed E-state index contributed by atoms with van der Waals surface area (Å²) < 4.78 is 11.0. The van der Waals surface area contributed by atoms with E-state index in [1.807, 2.05) is 36.4 Å². The fourth-order valence-electron chi connectivity index (χ4n) is 4.34. The van der Waals surface area contributed by atoms with E-state index in [2.05, 4.69) is 6.92 Å². The van der Waals surface area contributed by atoms with Crippen LogP contribution < -0.4 is 4.74 Å². The third-order valence-electron chi connectivity index (χ3n) is 6.29. The van der Waals surface area contributed by atoms with Gasteiger partial charge in [0.2, 0.25) is 0 Å². The molecule has 2 aromatic rings. The Morgan fingerprint density at radius 3 is 1.78 bits per heavy atom. The minimum atomic E-state index is -0.340. The van der Waals surface area contributed by atoms with E-state index < -0.39 is 0 Å². The Bertz CT molecular complexity index is 768. The second-order valence-corrected chi connectivity index (χ2v) is 8.95. The maximum atomic E-state index is 12.3. The van der Waals surface area contributed by atoms with E-state index in [4.69, 9.17) is 9.47 Å². The molecule has 0 spiro atoms. The number of benzene rings is 2. The first kappa shape index (κ1) is 26.2. The summed E-state index contributed by atoms with van der Waals surface area (Å²) in [6, 6.07) is 11.7. The average Bonchev–Trinajstić information content (AvgIpc) is 2.83. The first-order valence-corrected chi connectivity index (χ1v) is 13.0. The molecule has 0 unspecified atom stereocenters. The number of fused-ring (bicyclic) bond motifs is 1. The van der Waals surface area contributed by atoms with Crippen molar-refractivity contribution in [3.8, 4) is 5.75 Å². The van der Waals surface area contributed by atoms with Crippen LogP contribution in [-0.2, 0) is 4.74 Å². The molecule has 32 heavy (non-hydrogen) atoms. The van der Waals surface area contributed by atoms with Crippen molar-refractivity contribution in [1.82, 2.24) is 0 Å². The van der Waals surface area contributed by atoms with Gasteiger partial charge in [0.1, 0.15) is 11.3 Å². The molecule has 0 bridgehead atoms. The van der Waals surface area contributed by atoms with Crippen LogP contribution in [0.15, 0.2) is 36.4 Å². The van der Waals surface area contributed by atoms with Crippen LogP contribution in [-0.4, -0.2) is 19.7 Å². The van der Waals surface area contributed by atoms with Gasteiger partial charge in [-0.2, -0.15) is 0 Å². The molecule has 2 aromatic carbocycles. The van der Waals surface area contributed by atoms with Crippen LogP contribution in [0.2, 0.25) is 0 Å². The molecule has 0 radical (unpaired) electrons. The number of hydrogen-bond acceptors (Lipinski definition) is 3. The second kappa shape index (κ2) is 16.6. The SMILES string of the molecule is CCCCCCCCCCCCCCCCCOc1ccc2ccccc2c1C(=O)OC. The zero-order valence-corrected chi connectivity index (χ0v) is 20.5. The molecule has 0 amide bonds. The van der Waals surface area contributed by atoms with Crippen molar-refractivity contribution in [3.05, 3.63) is 42.0 Å². The molecule has 0 saturated carbocycles. The molecular formula is C29H44O3. The highest BCUT2D eigenvalue weighted by molar-refractivity contribution is 6.07. The first-order valence-electron chi connectivity index (χ1n) is 13.0. The molecule has 3 heteroatoms. The lowest BCUT2D eigenvalue weighted by Crippen LogP contribution is -2.07. The largest absolute Gasteiger partial charge is 0.493 e. The van der Waals surface area contributed by atoms with E-state index in [0.29, 0.717) is 17.9 Å². The molecule has 0 saturated heterocycles. The topological polar surface area (TPSA) is 35.5 Å². The number of ether oxygens (including phenoxy) is 2. The van der Waals surface area contributed by atoms with Crippen molar-refractivity contribution in [2.75, 3.05) is 13.7 Å². The molecule has 0 atom stereocenters. The molecule has 0 aliphatic carbocycles. The van der Waals surface area contributed by atoms with Crippen molar-refractivity contribution < 1.29 is 14.3 Å². The van der Waals surface area contributed by atoms with Crippen molar-refractivity contribution in [2.45, 2.75) is 103 Å². The summed E-state index contributed by atoms with van der Waals surface area (Å²) in [4.78, 5) is 12.3. The van der Waals surface area contributed by atoms with Gasteiger partial charge in [-0.3, -0.25) is 0 Å². The Balaban J connectivity index is 1.53. The maximum Gasteiger partial charge on any atom is 0.342 e. The van der Waals surface area contributed by atoms with Gasteiger partial charge in [0, 0.05) is 0 Å². The fourth-order valence-corrected chi connectivity index (χ4v) is 4.34. The summed E-state index contributed by atoms with van der Waals surface area (Å²) in [5.41, 5.74) is 0.534. The molecular weight excluding hydrogens is 396 g/mol. The van der Waals surface area contributed by atoms with E-state index in [0.717, 1.165) is 17.2 Å². The fraction of sp³-hybridized carbons (Fsp3) is 0.621. The monoisotopic (exact) mass is 440 g/mol. The predicted molar refractivity (Wildman–Crippen MR) is 136 cm³/mol. The van der Waals surface area contributed by atoms with E-state index in [-0.39, 0.29) is 5.97 Å². The number of carbonyl (C=O) groups is 1. The molecule has 2 rings (SSSR count). The minimum absolute atomic E-state index is 0.340. The Morgan fingerprint density at radius 2 is 1.22 bits per heavy atom. The lowest BCUT2D eigenvalue weighted by atomic mass is 10.0. The molecule has 0 heterocycles. The van der Waals surface area contributed by atoms with Crippen molar-refractivity contribution >= 4 is 16.7 Å². The summed E-state index contributed by atoms with van der Waals surface area (Å²) in [6.07, 6.45) is 20.2. The van der Waals surface area contributed by atoms with Crippen LogP contribution in [0.3, 0.4) is 0 Å². The van der Waals surface area contributed by atoms with Crippen molar-refractivity contribution in [2.24, 2.45) is 0 Å². The summed E-state index contributed by atoms with van der Waals surface area (Å²) in [7, 11) is 1.42. The molecule has 0 aromatic heterocycles. The zero-order valence-electron chi connectivity index (χ0n) is 20.5. The highest BCUT2D eigenvalue weighted by Gasteiger charge is 2.17. The van der Waals surface area contributed by atoms with Gasteiger partial charge in [0.15, 0.2) is 0 Å². The minimum Gasteiger partial charge on any atom is -0.493 e. The van der Waals surface area contributed by atoms with Crippen LogP contribution in [0.5, 0.6) is 5.75 Å². The van der Waals surface area contributed by atoms with Gasteiger partial charge in [-0.05, 0) is 23.3 Å². The van der Waals surface area contributed by atoms with E-state index in [1.54, 1.807) is 0 Å². The number of hydrogen-bond donors (Lipinski definition) is 0. The van der Waals surface area contributed by atoms with Gasteiger partial charge < -0.3 is 9.47 Å². The Labute approximate surface area is 195 Å². The third-order valence-corrected chi connectivity index (χ3v) is 6.29. The summed E-state index contributed by atoms with van der Waals surface area (Å²) in [5, 5.41) is 1.90. The smallest absolute Gasteiger partial charge is 0.342 e. The average molecular weight is 441 g/mol. The quantitative estimate of drug-likeness (QED) is 0.171. The number of unbranched alkanes of at least 4 members (excludes halogenated alkanes) is 14. The summed E-state index contributed by atoms with van der Waals surface area (Å²) in [5.74, 6) is 0.286. The molecule has 178 valence electrons. The molecule has 0 aliphatic heterocycles. The van der Waals surface area contributed by atoms with Crippen molar-refractivity contribution in [1.29, 1.82) is 0 Å². The van der Waals surface area contributed by atoms with Crippen LogP contribution in [0.4, 0.5) is 0 Å². The molecule has 0 aliphatic rings. The second-order valence-electron chi connectivity index (χ2n) is 8.95. The predicted octanol–water partition coefficient (Wildman–Crippen LogP) is 8.88. The molecule has 3 nitrogen and oxygen atoms in total. The highest BCUT2D eigenvalue weighted by Crippen LogP contribution is 2.29.